The highest BCUT2D eigenvalue weighted by Gasteiger charge is 2.06. The molecule has 0 heterocycles. The maximum absolute atomic E-state index is 11.8. The minimum atomic E-state index is -0.460. The summed E-state index contributed by atoms with van der Waals surface area (Å²) in [4.78, 5) is 21.9. The van der Waals surface area contributed by atoms with Gasteiger partial charge in [0, 0.05) is 12.1 Å². The molecule has 2 aromatic carbocycles. The fraction of sp³-hybridized carbons (Fsp3) is 0.125. The van der Waals surface area contributed by atoms with E-state index in [1.165, 1.54) is 12.1 Å². The zero-order valence-electron chi connectivity index (χ0n) is 12.0. The molecule has 0 aliphatic carbocycles. The lowest BCUT2D eigenvalue weighted by molar-refractivity contribution is -0.384. The molecule has 1 amide bonds. The molecule has 0 aliphatic rings. The first-order chi connectivity index (χ1) is 10.6. The number of benzene rings is 2. The summed E-state index contributed by atoms with van der Waals surface area (Å²) in [5, 5.41) is 14.6. The van der Waals surface area contributed by atoms with Gasteiger partial charge in [0.15, 0.2) is 0 Å². The van der Waals surface area contributed by atoms with Gasteiger partial charge in [0.25, 0.3) is 5.69 Å². The average molecular weight is 297 g/mol. The van der Waals surface area contributed by atoms with Gasteiger partial charge in [0.05, 0.1) is 17.1 Å². The molecule has 2 rings (SSSR count). The van der Waals surface area contributed by atoms with Crippen LogP contribution >= 0.6 is 0 Å². The van der Waals surface area contributed by atoms with Gasteiger partial charge in [-0.3, -0.25) is 14.9 Å². The molecule has 0 radical (unpaired) electrons. The number of nitrogens with zero attached hydrogens (tertiary/aromatic N) is 2. The van der Waals surface area contributed by atoms with Crippen molar-refractivity contribution in [2.45, 2.75) is 13.3 Å². The van der Waals surface area contributed by atoms with Gasteiger partial charge < -0.3 is 0 Å². The third-order valence-corrected chi connectivity index (χ3v) is 3.05. The molecule has 0 saturated carbocycles. The number of non-ortho nitro benzene ring substituents is 1. The Kier molecular flexibility index (Phi) is 4.98. The molecule has 0 saturated heterocycles. The molecule has 2 aromatic rings. The van der Waals surface area contributed by atoms with Crippen LogP contribution in [0, 0.1) is 10.1 Å². The van der Waals surface area contributed by atoms with Crippen LogP contribution in [0.25, 0.3) is 0 Å². The van der Waals surface area contributed by atoms with Crippen molar-refractivity contribution in [1.82, 2.24) is 5.43 Å². The van der Waals surface area contributed by atoms with Crippen molar-refractivity contribution in [3.8, 4) is 0 Å². The number of nitrogens with one attached hydrogen (secondary N) is 1. The summed E-state index contributed by atoms with van der Waals surface area (Å²) in [6.45, 7) is 1.73. The van der Waals surface area contributed by atoms with Gasteiger partial charge in [0.2, 0.25) is 5.91 Å². The molecular weight excluding hydrogens is 282 g/mol. The molecule has 0 fully saturated rings. The molecule has 6 heteroatoms. The normalized spacial score (nSPS) is 11.0. The third kappa shape index (κ3) is 4.24. The van der Waals surface area contributed by atoms with E-state index >= 15 is 0 Å². The van der Waals surface area contributed by atoms with Crippen molar-refractivity contribution >= 4 is 17.3 Å². The molecule has 0 bridgehead atoms. The lowest BCUT2D eigenvalue weighted by atomic mass is 10.1. The van der Waals surface area contributed by atoms with E-state index in [4.69, 9.17) is 0 Å². The summed E-state index contributed by atoms with van der Waals surface area (Å²) >= 11 is 0. The Morgan fingerprint density at radius 2 is 1.77 bits per heavy atom. The molecule has 6 nitrogen and oxygen atoms in total. The highest BCUT2D eigenvalue weighted by molar-refractivity contribution is 5.99. The fourth-order valence-corrected chi connectivity index (χ4v) is 1.86. The molecule has 1 N–H and O–H groups in total. The fourth-order valence-electron chi connectivity index (χ4n) is 1.86. The van der Waals surface area contributed by atoms with Gasteiger partial charge in [-0.2, -0.15) is 5.10 Å². The van der Waals surface area contributed by atoms with E-state index < -0.39 is 4.92 Å². The van der Waals surface area contributed by atoms with E-state index in [0.29, 0.717) is 11.3 Å². The molecule has 0 atom stereocenters. The van der Waals surface area contributed by atoms with Crippen molar-refractivity contribution in [3.63, 3.8) is 0 Å². The summed E-state index contributed by atoms with van der Waals surface area (Å²) in [6, 6.07) is 15.4. The number of nitro groups is 1. The van der Waals surface area contributed by atoms with E-state index in [-0.39, 0.29) is 18.0 Å². The molecule has 0 aliphatic heterocycles. The first kappa shape index (κ1) is 15.4. The largest absolute Gasteiger partial charge is 0.273 e. The van der Waals surface area contributed by atoms with E-state index in [2.05, 4.69) is 10.5 Å². The smallest absolute Gasteiger partial charge is 0.269 e. The number of carbonyl (C=O) groups is 1. The number of carbonyl (C=O) groups excluding carboxylic acids is 1. The van der Waals surface area contributed by atoms with Crippen LogP contribution in [0.3, 0.4) is 0 Å². The highest BCUT2D eigenvalue weighted by atomic mass is 16.6. The predicted octanol–water partition coefficient (Wildman–Crippen LogP) is 2.68. The van der Waals surface area contributed by atoms with Crippen LogP contribution in [-0.4, -0.2) is 16.5 Å². The number of hydrogen-bond acceptors (Lipinski definition) is 4. The van der Waals surface area contributed by atoms with Crippen LogP contribution < -0.4 is 5.43 Å². The topological polar surface area (TPSA) is 84.6 Å². The molecule has 0 aromatic heterocycles. The first-order valence-electron chi connectivity index (χ1n) is 6.68. The second-order valence-corrected chi connectivity index (χ2v) is 4.70. The quantitative estimate of drug-likeness (QED) is 0.523. The number of nitro benzene ring substituents is 1. The van der Waals surface area contributed by atoms with E-state index in [1.807, 2.05) is 30.3 Å². The summed E-state index contributed by atoms with van der Waals surface area (Å²) in [6.07, 6.45) is 0.248. The molecule has 0 unspecified atom stereocenters. The summed E-state index contributed by atoms with van der Waals surface area (Å²) in [5.74, 6) is -0.215. The maximum Gasteiger partial charge on any atom is 0.269 e. The second-order valence-electron chi connectivity index (χ2n) is 4.70. The van der Waals surface area contributed by atoms with Crippen LogP contribution in [0.2, 0.25) is 0 Å². The van der Waals surface area contributed by atoms with Gasteiger partial charge in [-0.15, -0.1) is 0 Å². The zero-order valence-corrected chi connectivity index (χ0v) is 12.0. The predicted molar refractivity (Wildman–Crippen MR) is 83.6 cm³/mol. The average Bonchev–Trinajstić information content (AvgIpc) is 2.53. The van der Waals surface area contributed by atoms with Crippen molar-refractivity contribution in [2.75, 3.05) is 0 Å². The number of hydrazone groups is 1. The van der Waals surface area contributed by atoms with Crippen LogP contribution in [0.4, 0.5) is 5.69 Å². The maximum atomic E-state index is 11.8. The SMILES string of the molecule is C/C(=N/NC(=O)Cc1ccccc1)c1ccc([N+](=O)[O-])cc1. The monoisotopic (exact) mass is 297 g/mol. The second kappa shape index (κ2) is 7.12. The number of rotatable bonds is 5. The van der Waals surface area contributed by atoms with Crippen molar-refractivity contribution < 1.29 is 9.72 Å². The molecule has 22 heavy (non-hydrogen) atoms. The molecule has 112 valence electrons. The van der Waals surface area contributed by atoms with E-state index in [1.54, 1.807) is 19.1 Å². The van der Waals surface area contributed by atoms with Gasteiger partial charge in [-0.05, 0) is 30.2 Å². The Balaban J connectivity index is 1.97. The lowest BCUT2D eigenvalue weighted by Crippen LogP contribution is -2.21. The van der Waals surface area contributed by atoms with Crippen molar-refractivity contribution in [1.29, 1.82) is 0 Å². The Morgan fingerprint density at radius 1 is 1.14 bits per heavy atom. The Labute approximate surface area is 127 Å². The van der Waals surface area contributed by atoms with Crippen LogP contribution in [-0.2, 0) is 11.2 Å². The van der Waals surface area contributed by atoms with Gasteiger partial charge in [-0.25, -0.2) is 5.43 Å². The zero-order chi connectivity index (χ0) is 15.9. The minimum absolute atomic E-state index is 0.0182. The Hall–Kier alpha value is -3.02. The number of hydrogen-bond donors (Lipinski definition) is 1. The summed E-state index contributed by atoms with van der Waals surface area (Å²) < 4.78 is 0. The highest BCUT2D eigenvalue weighted by Crippen LogP contribution is 2.12. The van der Waals surface area contributed by atoms with Gasteiger partial charge >= 0.3 is 0 Å². The Morgan fingerprint density at radius 3 is 2.36 bits per heavy atom. The van der Waals surface area contributed by atoms with Gasteiger partial charge in [0.1, 0.15) is 0 Å². The van der Waals surface area contributed by atoms with Crippen molar-refractivity contribution in [2.24, 2.45) is 5.10 Å². The molecular formula is C16H15N3O3. The van der Waals surface area contributed by atoms with Crippen LogP contribution in [0.15, 0.2) is 59.7 Å². The minimum Gasteiger partial charge on any atom is -0.273 e. The van der Waals surface area contributed by atoms with E-state index in [0.717, 1.165) is 5.56 Å². The van der Waals surface area contributed by atoms with Crippen LogP contribution in [0.5, 0.6) is 0 Å². The standard InChI is InChI=1S/C16H15N3O3/c1-12(14-7-9-15(10-8-14)19(21)22)17-18-16(20)11-13-5-3-2-4-6-13/h2-10H,11H2,1H3,(H,18,20)/b17-12-. The van der Waals surface area contributed by atoms with E-state index in [9.17, 15) is 14.9 Å². The van der Waals surface area contributed by atoms with Crippen molar-refractivity contribution in [3.05, 3.63) is 75.8 Å². The first-order valence-corrected chi connectivity index (χ1v) is 6.68. The lowest BCUT2D eigenvalue weighted by Gasteiger charge is -2.03. The number of amides is 1. The third-order valence-electron chi connectivity index (χ3n) is 3.05. The Bertz CT molecular complexity index is 694. The summed E-state index contributed by atoms with van der Waals surface area (Å²) in [5.41, 5.74) is 4.70. The molecule has 0 spiro atoms. The summed E-state index contributed by atoms with van der Waals surface area (Å²) in [7, 11) is 0. The van der Waals surface area contributed by atoms with Crippen LogP contribution in [0.1, 0.15) is 18.1 Å². The van der Waals surface area contributed by atoms with Gasteiger partial charge in [-0.1, -0.05) is 30.3 Å².